The quantitative estimate of drug-likeness (QED) is 0.802. The van der Waals surface area contributed by atoms with Gasteiger partial charge in [0.1, 0.15) is 6.61 Å². The zero-order chi connectivity index (χ0) is 15.5. The Balaban J connectivity index is 1.99. The van der Waals surface area contributed by atoms with Gasteiger partial charge in [-0.3, -0.25) is 4.79 Å². The van der Waals surface area contributed by atoms with Crippen LogP contribution in [0.4, 0.5) is 0 Å². The fourth-order valence-electron chi connectivity index (χ4n) is 2.40. The summed E-state index contributed by atoms with van der Waals surface area (Å²) in [6, 6.07) is 15.0. The van der Waals surface area contributed by atoms with Crippen molar-refractivity contribution in [3.63, 3.8) is 0 Å². The summed E-state index contributed by atoms with van der Waals surface area (Å²) in [5.74, 6) is 1.16. The van der Waals surface area contributed by atoms with Crippen molar-refractivity contribution in [2.24, 2.45) is 0 Å². The minimum Gasteiger partial charge on any atom is -0.493 e. The smallest absolute Gasteiger partial charge is 0.189 e. The highest BCUT2D eigenvalue weighted by Crippen LogP contribution is 2.31. The van der Waals surface area contributed by atoms with Crippen molar-refractivity contribution in [3.05, 3.63) is 70.0 Å². The predicted octanol–water partition coefficient (Wildman–Crippen LogP) is 3.42. The molecule has 0 aliphatic rings. The predicted molar refractivity (Wildman–Crippen MR) is 86.6 cm³/mol. The highest BCUT2D eigenvalue weighted by Gasteiger charge is 2.10. The third-order valence-electron chi connectivity index (χ3n) is 3.49. The van der Waals surface area contributed by atoms with E-state index in [4.69, 9.17) is 9.47 Å². The number of benzene rings is 2. The standard InChI is InChI=1S/C18H17NO3/c1-12-8-16(20)14-9-17(21-2)18(10-15(14)19-12)22-11-13-6-4-3-5-7-13/h3-10H,11H2,1-2H3,(H,19,20). The minimum atomic E-state index is -0.0286. The van der Waals surface area contributed by atoms with E-state index in [0.29, 0.717) is 23.5 Å². The molecule has 1 heterocycles. The van der Waals surface area contributed by atoms with Crippen LogP contribution in [-0.4, -0.2) is 12.1 Å². The summed E-state index contributed by atoms with van der Waals surface area (Å²) in [5.41, 5.74) is 2.60. The molecule has 2 aromatic carbocycles. The number of aromatic amines is 1. The van der Waals surface area contributed by atoms with Crippen molar-refractivity contribution in [1.82, 2.24) is 4.98 Å². The second kappa shape index (κ2) is 5.93. The zero-order valence-electron chi connectivity index (χ0n) is 12.6. The SMILES string of the molecule is COc1cc2c(=O)cc(C)[nH]c2cc1OCc1ccccc1. The molecule has 0 aliphatic heterocycles. The van der Waals surface area contributed by atoms with Crippen LogP contribution in [0.3, 0.4) is 0 Å². The molecule has 0 bridgehead atoms. The fraction of sp³-hybridized carbons (Fsp3) is 0.167. The van der Waals surface area contributed by atoms with Gasteiger partial charge in [0.05, 0.1) is 12.6 Å². The number of fused-ring (bicyclic) bond motifs is 1. The van der Waals surface area contributed by atoms with Crippen LogP contribution in [0, 0.1) is 6.92 Å². The Bertz CT molecular complexity index is 853. The minimum absolute atomic E-state index is 0.0286. The second-order valence-corrected chi connectivity index (χ2v) is 5.14. The highest BCUT2D eigenvalue weighted by atomic mass is 16.5. The molecule has 0 spiro atoms. The Morgan fingerprint density at radius 1 is 1.05 bits per heavy atom. The van der Waals surface area contributed by atoms with E-state index in [1.165, 1.54) is 0 Å². The first kappa shape index (κ1) is 14.2. The first-order valence-corrected chi connectivity index (χ1v) is 7.06. The van der Waals surface area contributed by atoms with E-state index < -0.39 is 0 Å². The fourth-order valence-corrected chi connectivity index (χ4v) is 2.40. The molecule has 4 heteroatoms. The molecule has 0 aliphatic carbocycles. The molecule has 3 rings (SSSR count). The van der Waals surface area contributed by atoms with E-state index in [1.807, 2.05) is 43.3 Å². The summed E-state index contributed by atoms with van der Waals surface area (Å²) in [4.78, 5) is 15.2. The number of nitrogens with one attached hydrogen (secondary N) is 1. The van der Waals surface area contributed by atoms with Crippen molar-refractivity contribution in [1.29, 1.82) is 0 Å². The molecule has 0 fully saturated rings. The van der Waals surface area contributed by atoms with Gasteiger partial charge in [0.25, 0.3) is 0 Å². The van der Waals surface area contributed by atoms with Crippen LogP contribution in [0.25, 0.3) is 10.9 Å². The summed E-state index contributed by atoms with van der Waals surface area (Å²) in [6.45, 7) is 2.30. The Morgan fingerprint density at radius 3 is 2.55 bits per heavy atom. The summed E-state index contributed by atoms with van der Waals surface area (Å²) >= 11 is 0. The molecule has 0 atom stereocenters. The molecule has 3 aromatic rings. The molecular formula is C18H17NO3. The number of aromatic nitrogens is 1. The maximum atomic E-state index is 12.0. The molecule has 1 N–H and O–H groups in total. The molecule has 1 aromatic heterocycles. The van der Waals surface area contributed by atoms with Crippen molar-refractivity contribution in [2.75, 3.05) is 7.11 Å². The van der Waals surface area contributed by atoms with Gasteiger partial charge in [0.2, 0.25) is 0 Å². The number of ether oxygens (including phenoxy) is 2. The topological polar surface area (TPSA) is 51.3 Å². The monoisotopic (exact) mass is 295 g/mol. The summed E-state index contributed by atoms with van der Waals surface area (Å²) in [7, 11) is 1.57. The number of rotatable bonds is 4. The summed E-state index contributed by atoms with van der Waals surface area (Å²) < 4.78 is 11.2. The lowest BCUT2D eigenvalue weighted by molar-refractivity contribution is 0.285. The third kappa shape index (κ3) is 2.81. The van der Waals surface area contributed by atoms with Gasteiger partial charge in [0, 0.05) is 23.2 Å². The Kier molecular flexibility index (Phi) is 3.83. The lowest BCUT2D eigenvalue weighted by Crippen LogP contribution is -2.05. The van der Waals surface area contributed by atoms with Crippen LogP contribution < -0.4 is 14.9 Å². The van der Waals surface area contributed by atoms with Gasteiger partial charge < -0.3 is 14.5 Å². The van der Waals surface area contributed by atoms with E-state index in [9.17, 15) is 4.79 Å². The van der Waals surface area contributed by atoms with Crippen LogP contribution >= 0.6 is 0 Å². The van der Waals surface area contributed by atoms with Gasteiger partial charge in [-0.1, -0.05) is 30.3 Å². The average molecular weight is 295 g/mol. The molecule has 0 saturated carbocycles. The highest BCUT2D eigenvalue weighted by molar-refractivity contribution is 5.82. The van der Waals surface area contributed by atoms with Gasteiger partial charge in [-0.05, 0) is 18.6 Å². The molecule has 22 heavy (non-hydrogen) atoms. The summed E-state index contributed by atoms with van der Waals surface area (Å²) in [6.07, 6.45) is 0. The number of hydrogen-bond donors (Lipinski definition) is 1. The second-order valence-electron chi connectivity index (χ2n) is 5.14. The van der Waals surface area contributed by atoms with Crippen LogP contribution in [0.15, 0.2) is 53.3 Å². The largest absolute Gasteiger partial charge is 0.493 e. The summed E-state index contributed by atoms with van der Waals surface area (Å²) in [5, 5.41) is 0.592. The molecule has 0 radical (unpaired) electrons. The van der Waals surface area contributed by atoms with E-state index in [-0.39, 0.29) is 5.43 Å². The Hall–Kier alpha value is -2.75. The number of hydrogen-bond acceptors (Lipinski definition) is 3. The van der Waals surface area contributed by atoms with Crippen LogP contribution in [0.1, 0.15) is 11.3 Å². The van der Waals surface area contributed by atoms with Gasteiger partial charge in [-0.15, -0.1) is 0 Å². The molecule has 0 saturated heterocycles. The lowest BCUT2D eigenvalue weighted by atomic mass is 10.1. The average Bonchev–Trinajstić information content (AvgIpc) is 2.53. The van der Waals surface area contributed by atoms with E-state index in [2.05, 4.69) is 4.98 Å². The zero-order valence-corrected chi connectivity index (χ0v) is 12.6. The van der Waals surface area contributed by atoms with E-state index in [0.717, 1.165) is 16.8 Å². The maximum Gasteiger partial charge on any atom is 0.189 e. The number of aryl methyl sites for hydroxylation is 1. The number of methoxy groups -OCH3 is 1. The van der Waals surface area contributed by atoms with Crippen molar-refractivity contribution >= 4 is 10.9 Å². The van der Waals surface area contributed by atoms with Crippen LogP contribution in [-0.2, 0) is 6.61 Å². The lowest BCUT2D eigenvalue weighted by Gasteiger charge is -2.12. The van der Waals surface area contributed by atoms with Crippen LogP contribution in [0.2, 0.25) is 0 Å². The first-order chi connectivity index (χ1) is 10.7. The van der Waals surface area contributed by atoms with Gasteiger partial charge in [0.15, 0.2) is 16.9 Å². The van der Waals surface area contributed by atoms with E-state index >= 15 is 0 Å². The van der Waals surface area contributed by atoms with E-state index in [1.54, 1.807) is 19.2 Å². The number of pyridine rings is 1. The van der Waals surface area contributed by atoms with Crippen molar-refractivity contribution in [2.45, 2.75) is 13.5 Å². The third-order valence-corrected chi connectivity index (χ3v) is 3.49. The van der Waals surface area contributed by atoms with Crippen LogP contribution in [0.5, 0.6) is 11.5 Å². The molecule has 0 unspecified atom stereocenters. The number of H-pyrrole nitrogens is 1. The maximum absolute atomic E-state index is 12.0. The Morgan fingerprint density at radius 2 is 1.82 bits per heavy atom. The molecular weight excluding hydrogens is 278 g/mol. The van der Waals surface area contributed by atoms with Gasteiger partial charge in [-0.25, -0.2) is 0 Å². The van der Waals surface area contributed by atoms with Gasteiger partial charge in [-0.2, -0.15) is 0 Å². The molecule has 0 amide bonds. The van der Waals surface area contributed by atoms with Crippen molar-refractivity contribution < 1.29 is 9.47 Å². The molecule has 4 nitrogen and oxygen atoms in total. The van der Waals surface area contributed by atoms with Crippen molar-refractivity contribution in [3.8, 4) is 11.5 Å². The first-order valence-electron chi connectivity index (χ1n) is 7.06. The Labute approximate surface area is 128 Å². The normalized spacial score (nSPS) is 10.6. The van der Waals surface area contributed by atoms with Gasteiger partial charge >= 0.3 is 0 Å². The molecule has 112 valence electrons.